The first-order valence-corrected chi connectivity index (χ1v) is 15.2. The topological polar surface area (TPSA) is 101 Å². The van der Waals surface area contributed by atoms with Gasteiger partial charge in [-0.25, -0.2) is 22.8 Å². The molecule has 7 rings (SSSR count). The number of fused-ring (bicyclic) bond motifs is 2. The molecule has 0 radical (unpaired) electrons. The number of carbonyl (C=O) groups excluding carboxylic acids is 1. The van der Waals surface area contributed by atoms with Gasteiger partial charge in [0.05, 0.1) is 28.0 Å². The maximum absolute atomic E-state index is 14.1. The number of hydrogen-bond donors (Lipinski definition) is 0. The summed E-state index contributed by atoms with van der Waals surface area (Å²) in [5, 5.41) is 9.29. The lowest BCUT2D eigenvalue weighted by Crippen LogP contribution is -2.63. The van der Waals surface area contributed by atoms with Crippen LogP contribution in [0.4, 0.5) is 18.9 Å². The lowest BCUT2D eigenvalue weighted by atomic mass is 9.90. The summed E-state index contributed by atoms with van der Waals surface area (Å²) in [6.07, 6.45) is -2.85. The van der Waals surface area contributed by atoms with Gasteiger partial charge in [-0.15, -0.1) is 16.4 Å². The standard InChI is InChI=1S/C32H28F3N5O5S/c1-16-36-22-10-9-19(13-25(22)46-16)39(2)31(41)30-29(42-3)27(28-24(44-30)15-43-32(45-28)17-7-5-4-6-8-17)40-14-23(37-38-40)18-11-20(33)26(35)21(34)12-18/h4-14,24,27-30,32H,15H2,1-3H3/t24-,27+,28+,29-,30-,32+/m1/s1. The number of hydrogen-bond acceptors (Lipinski definition) is 9. The molecule has 2 aliphatic rings. The Kier molecular flexibility index (Phi) is 8.07. The summed E-state index contributed by atoms with van der Waals surface area (Å²) in [5.74, 6) is -4.68. The van der Waals surface area contributed by atoms with Gasteiger partial charge in [0, 0.05) is 31.0 Å². The predicted molar refractivity (Wildman–Crippen MR) is 162 cm³/mol. The summed E-state index contributed by atoms with van der Waals surface area (Å²) in [4.78, 5) is 20.1. The van der Waals surface area contributed by atoms with Crippen LogP contribution in [0.15, 0.2) is 66.9 Å². The number of likely N-dealkylation sites (N-methyl/N-ethyl adjacent to an activating group) is 1. The highest BCUT2D eigenvalue weighted by Gasteiger charge is 2.54. The fourth-order valence-electron chi connectivity index (χ4n) is 5.96. The first kappa shape index (κ1) is 30.4. The molecular weight excluding hydrogens is 623 g/mol. The van der Waals surface area contributed by atoms with E-state index in [2.05, 4.69) is 15.3 Å². The first-order valence-electron chi connectivity index (χ1n) is 14.4. The molecule has 5 aromatic rings. The van der Waals surface area contributed by atoms with Crippen molar-refractivity contribution in [2.45, 2.75) is 43.7 Å². The SMILES string of the molecule is CO[C@@H]1[C@@H](n2cc(-c3cc(F)c(F)c(F)c3)nn2)[C@H]2O[C@@H](c3ccccc3)OC[C@H]2O[C@H]1C(=O)N(C)c1ccc2nc(C)sc2c1. The van der Waals surface area contributed by atoms with Gasteiger partial charge in [0.15, 0.2) is 29.8 Å². The van der Waals surface area contributed by atoms with Gasteiger partial charge in [-0.05, 0) is 37.3 Å². The summed E-state index contributed by atoms with van der Waals surface area (Å²) in [5.41, 5.74) is 2.32. The van der Waals surface area contributed by atoms with Crippen molar-refractivity contribution >= 4 is 33.1 Å². The number of benzene rings is 3. The van der Waals surface area contributed by atoms with E-state index in [4.69, 9.17) is 18.9 Å². The fraction of sp³-hybridized carbons (Fsp3) is 0.312. The lowest BCUT2D eigenvalue weighted by molar-refractivity contribution is -0.314. The van der Waals surface area contributed by atoms with E-state index < -0.39 is 54.2 Å². The second-order valence-corrected chi connectivity index (χ2v) is 12.3. The van der Waals surface area contributed by atoms with Crippen LogP contribution in [-0.2, 0) is 23.7 Å². The number of ether oxygens (including phenoxy) is 4. The predicted octanol–water partition coefficient (Wildman–Crippen LogP) is 5.38. The van der Waals surface area contributed by atoms with E-state index in [1.165, 1.54) is 34.2 Å². The molecule has 2 aliphatic heterocycles. The molecule has 0 aliphatic carbocycles. The van der Waals surface area contributed by atoms with Crippen LogP contribution >= 0.6 is 11.3 Å². The molecule has 1 amide bonds. The largest absolute Gasteiger partial charge is 0.376 e. The van der Waals surface area contributed by atoms with Crippen molar-refractivity contribution in [3.8, 4) is 11.3 Å². The van der Waals surface area contributed by atoms with Crippen LogP contribution < -0.4 is 4.90 Å². The highest BCUT2D eigenvalue weighted by Crippen LogP contribution is 2.41. The van der Waals surface area contributed by atoms with Crippen LogP contribution in [0.5, 0.6) is 0 Å². The minimum absolute atomic E-state index is 0.0173. The minimum atomic E-state index is -1.58. The average Bonchev–Trinajstić information content (AvgIpc) is 3.71. The molecule has 2 aromatic heterocycles. The molecule has 0 saturated carbocycles. The first-order chi connectivity index (χ1) is 22.2. The smallest absolute Gasteiger partial charge is 0.258 e. The third-order valence-corrected chi connectivity index (χ3v) is 9.17. The van der Waals surface area contributed by atoms with E-state index in [9.17, 15) is 18.0 Å². The van der Waals surface area contributed by atoms with E-state index >= 15 is 0 Å². The van der Waals surface area contributed by atoms with Gasteiger partial charge in [-0.3, -0.25) is 4.79 Å². The Morgan fingerprint density at radius 2 is 1.83 bits per heavy atom. The maximum atomic E-state index is 14.1. The molecule has 2 fully saturated rings. The van der Waals surface area contributed by atoms with E-state index in [0.29, 0.717) is 5.69 Å². The summed E-state index contributed by atoms with van der Waals surface area (Å²) in [6, 6.07) is 15.8. The number of aryl methyl sites for hydroxylation is 1. The number of methoxy groups -OCH3 is 1. The van der Waals surface area contributed by atoms with Gasteiger partial charge in [0.1, 0.15) is 30.0 Å². The maximum Gasteiger partial charge on any atom is 0.258 e. The monoisotopic (exact) mass is 651 g/mol. The van der Waals surface area contributed by atoms with Gasteiger partial charge in [0.25, 0.3) is 5.91 Å². The van der Waals surface area contributed by atoms with Crippen molar-refractivity contribution < 1.29 is 36.9 Å². The Bertz CT molecular complexity index is 1880. The molecule has 0 unspecified atom stereocenters. The zero-order valence-electron chi connectivity index (χ0n) is 24.8. The number of thiazole rings is 1. The Labute approximate surface area is 265 Å². The average molecular weight is 652 g/mol. The number of nitrogens with zero attached hydrogens (tertiary/aromatic N) is 5. The molecule has 0 spiro atoms. The third-order valence-electron chi connectivity index (χ3n) is 8.23. The van der Waals surface area contributed by atoms with Gasteiger partial charge >= 0.3 is 0 Å². The van der Waals surface area contributed by atoms with Crippen LogP contribution in [0.2, 0.25) is 0 Å². The molecule has 6 atom stereocenters. The number of carbonyl (C=O) groups is 1. The van der Waals surface area contributed by atoms with Crippen LogP contribution in [0.25, 0.3) is 21.5 Å². The summed E-state index contributed by atoms with van der Waals surface area (Å²) in [7, 11) is 3.10. The molecule has 2 saturated heterocycles. The van der Waals surface area contributed by atoms with Crippen LogP contribution in [-0.4, -0.2) is 71.1 Å². The second kappa shape index (κ2) is 12.2. The lowest BCUT2D eigenvalue weighted by Gasteiger charge is -2.49. The van der Waals surface area contributed by atoms with Crippen LogP contribution in [0.1, 0.15) is 22.9 Å². The summed E-state index contributed by atoms with van der Waals surface area (Å²) >= 11 is 1.53. The van der Waals surface area contributed by atoms with Gasteiger partial charge < -0.3 is 23.8 Å². The highest BCUT2D eigenvalue weighted by molar-refractivity contribution is 7.18. The fourth-order valence-corrected chi connectivity index (χ4v) is 6.82. The molecule has 10 nitrogen and oxygen atoms in total. The molecule has 14 heteroatoms. The highest BCUT2D eigenvalue weighted by atomic mass is 32.1. The van der Waals surface area contributed by atoms with Crippen molar-refractivity contribution in [3.63, 3.8) is 0 Å². The number of halogens is 3. The molecule has 46 heavy (non-hydrogen) atoms. The zero-order chi connectivity index (χ0) is 32.1. The Morgan fingerprint density at radius 3 is 2.57 bits per heavy atom. The summed E-state index contributed by atoms with van der Waals surface area (Å²) < 4.78 is 69.0. The van der Waals surface area contributed by atoms with E-state index in [0.717, 1.165) is 32.9 Å². The number of aromatic nitrogens is 4. The molecule has 238 valence electrons. The number of amides is 1. The van der Waals surface area contributed by atoms with E-state index in [1.807, 2.05) is 55.5 Å². The van der Waals surface area contributed by atoms with Crippen molar-refractivity contribution in [3.05, 3.63) is 94.9 Å². The van der Waals surface area contributed by atoms with Crippen LogP contribution in [0, 0.1) is 24.4 Å². The molecule has 4 heterocycles. The quantitative estimate of drug-likeness (QED) is 0.226. The third kappa shape index (κ3) is 5.45. The van der Waals surface area contributed by atoms with Crippen molar-refractivity contribution in [2.24, 2.45) is 0 Å². The van der Waals surface area contributed by atoms with E-state index in [1.54, 1.807) is 7.05 Å². The normalized spacial score (nSPS) is 24.6. The zero-order valence-corrected chi connectivity index (χ0v) is 25.7. The minimum Gasteiger partial charge on any atom is -0.376 e. The molecule has 0 N–H and O–H groups in total. The Balaban J connectivity index is 1.25. The number of rotatable bonds is 6. The van der Waals surface area contributed by atoms with Crippen molar-refractivity contribution in [1.29, 1.82) is 0 Å². The molecular formula is C32H28F3N5O5S. The van der Waals surface area contributed by atoms with Gasteiger partial charge in [0.2, 0.25) is 0 Å². The van der Waals surface area contributed by atoms with E-state index in [-0.39, 0.29) is 23.8 Å². The molecule has 0 bridgehead atoms. The van der Waals surface area contributed by atoms with Crippen molar-refractivity contribution in [2.75, 3.05) is 25.7 Å². The Hall–Kier alpha value is -4.21. The van der Waals surface area contributed by atoms with Gasteiger partial charge in [-0.1, -0.05) is 35.5 Å². The Morgan fingerprint density at radius 1 is 1.07 bits per heavy atom. The van der Waals surface area contributed by atoms with Crippen LogP contribution in [0.3, 0.4) is 0 Å². The van der Waals surface area contributed by atoms with Crippen molar-refractivity contribution in [1.82, 2.24) is 20.0 Å². The second-order valence-electron chi connectivity index (χ2n) is 11.1. The van der Waals surface area contributed by atoms with Gasteiger partial charge in [-0.2, -0.15) is 0 Å². The number of anilines is 1. The summed E-state index contributed by atoms with van der Waals surface area (Å²) in [6.45, 7) is 2.01. The molecule has 3 aromatic carbocycles.